The lowest BCUT2D eigenvalue weighted by atomic mass is 9.88. The molecule has 0 aromatic carbocycles. The van der Waals surface area contributed by atoms with Gasteiger partial charge < -0.3 is 0 Å². The summed E-state index contributed by atoms with van der Waals surface area (Å²) in [5.41, 5.74) is 2.66. The molecule has 0 aliphatic rings. The van der Waals surface area contributed by atoms with Gasteiger partial charge >= 0.3 is 0 Å². The third-order valence-corrected chi connectivity index (χ3v) is 1.92. The lowest BCUT2D eigenvalue weighted by molar-refractivity contribution is 0.563. The van der Waals surface area contributed by atoms with Crippen LogP contribution in [0.5, 0.6) is 0 Å². The summed E-state index contributed by atoms with van der Waals surface area (Å²) in [6, 6.07) is 5.76. The lowest BCUT2D eigenvalue weighted by Crippen LogP contribution is -2.16. The molecule has 68 valence electrons. The van der Waals surface area contributed by atoms with Crippen LogP contribution in [0.25, 0.3) is 0 Å². The summed E-state index contributed by atoms with van der Waals surface area (Å²) in [7, 11) is 0. The van der Waals surface area contributed by atoms with Crippen molar-refractivity contribution in [2.24, 2.45) is 0 Å². The lowest BCUT2D eigenvalue weighted by Gasteiger charge is -2.19. The quantitative estimate of drug-likeness (QED) is 0.606. The zero-order valence-electron chi connectivity index (χ0n) is 8.55. The van der Waals surface area contributed by atoms with E-state index < -0.39 is 0 Å². The van der Waals surface area contributed by atoms with Crippen molar-refractivity contribution in [3.63, 3.8) is 0 Å². The molecule has 1 aromatic rings. The standard InChI is InChI=1S/C11H14N2/c1-8-5-6-9(7-12)13-10(8)11(2,3)4/h5-6H,1-4H3. The number of aryl methyl sites for hydroxylation is 1. The monoisotopic (exact) mass is 174 g/mol. The Morgan fingerprint density at radius 3 is 2.38 bits per heavy atom. The summed E-state index contributed by atoms with van der Waals surface area (Å²) >= 11 is 0. The van der Waals surface area contributed by atoms with E-state index in [0.29, 0.717) is 5.69 Å². The highest BCUT2D eigenvalue weighted by molar-refractivity contribution is 5.31. The zero-order chi connectivity index (χ0) is 10.1. The number of aromatic nitrogens is 1. The molecule has 0 N–H and O–H groups in total. The highest BCUT2D eigenvalue weighted by atomic mass is 14.7. The first-order valence-electron chi connectivity index (χ1n) is 4.33. The highest BCUT2D eigenvalue weighted by Gasteiger charge is 2.18. The van der Waals surface area contributed by atoms with Gasteiger partial charge in [-0.3, -0.25) is 0 Å². The number of rotatable bonds is 0. The number of pyridine rings is 1. The Labute approximate surface area is 79.2 Å². The average Bonchev–Trinajstić information content (AvgIpc) is 2.03. The molecule has 0 atom stereocenters. The molecule has 0 amide bonds. The highest BCUT2D eigenvalue weighted by Crippen LogP contribution is 2.23. The van der Waals surface area contributed by atoms with Gasteiger partial charge in [-0.2, -0.15) is 5.26 Å². The Morgan fingerprint density at radius 1 is 1.31 bits per heavy atom. The third-order valence-electron chi connectivity index (χ3n) is 1.92. The van der Waals surface area contributed by atoms with E-state index in [1.165, 1.54) is 0 Å². The fraction of sp³-hybridized carbons (Fsp3) is 0.455. The predicted octanol–water partition coefficient (Wildman–Crippen LogP) is 2.56. The fourth-order valence-corrected chi connectivity index (χ4v) is 1.35. The number of hydrogen-bond donors (Lipinski definition) is 0. The third kappa shape index (κ3) is 2.06. The van der Waals surface area contributed by atoms with Crippen LogP contribution in [0.4, 0.5) is 0 Å². The van der Waals surface area contributed by atoms with E-state index in [1.807, 2.05) is 13.0 Å². The maximum atomic E-state index is 8.71. The molecule has 0 radical (unpaired) electrons. The van der Waals surface area contributed by atoms with E-state index in [9.17, 15) is 0 Å². The van der Waals surface area contributed by atoms with Crippen LogP contribution < -0.4 is 0 Å². The van der Waals surface area contributed by atoms with E-state index in [-0.39, 0.29) is 5.41 Å². The van der Waals surface area contributed by atoms with Gasteiger partial charge in [0.1, 0.15) is 11.8 Å². The molecule has 2 heteroatoms. The van der Waals surface area contributed by atoms with E-state index in [4.69, 9.17) is 5.26 Å². The van der Waals surface area contributed by atoms with Crippen LogP contribution in [0.1, 0.15) is 37.7 Å². The first kappa shape index (κ1) is 9.73. The van der Waals surface area contributed by atoms with Gasteiger partial charge in [-0.05, 0) is 18.6 Å². The summed E-state index contributed by atoms with van der Waals surface area (Å²) in [5.74, 6) is 0. The largest absolute Gasteiger partial charge is 0.241 e. The molecule has 1 heterocycles. The van der Waals surface area contributed by atoms with Crippen molar-refractivity contribution in [3.8, 4) is 6.07 Å². The van der Waals surface area contributed by atoms with Crippen LogP contribution in [-0.4, -0.2) is 4.98 Å². The first-order valence-corrected chi connectivity index (χ1v) is 4.33. The van der Waals surface area contributed by atoms with E-state index in [2.05, 4.69) is 31.8 Å². The second kappa shape index (κ2) is 3.18. The Kier molecular flexibility index (Phi) is 2.38. The number of nitrogens with zero attached hydrogens (tertiary/aromatic N) is 2. The van der Waals surface area contributed by atoms with E-state index in [0.717, 1.165) is 11.3 Å². The molecule has 13 heavy (non-hydrogen) atoms. The first-order chi connectivity index (χ1) is 5.95. The van der Waals surface area contributed by atoms with Gasteiger partial charge in [0.25, 0.3) is 0 Å². The molecule has 0 fully saturated rings. The van der Waals surface area contributed by atoms with Gasteiger partial charge in [-0.15, -0.1) is 0 Å². The van der Waals surface area contributed by atoms with Crippen LogP contribution in [0, 0.1) is 18.3 Å². The Balaban J connectivity index is 3.29. The van der Waals surface area contributed by atoms with Gasteiger partial charge in [-0.25, -0.2) is 4.98 Å². The molecule has 0 saturated heterocycles. The van der Waals surface area contributed by atoms with E-state index in [1.54, 1.807) is 6.07 Å². The van der Waals surface area contributed by atoms with Crippen LogP contribution in [0.2, 0.25) is 0 Å². The van der Waals surface area contributed by atoms with Crippen molar-refractivity contribution in [2.75, 3.05) is 0 Å². The molecule has 0 saturated carbocycles. The number of hydrogen-bond acceptors (Lipinski definition) is 2. The summed E-state index contributed by atoms with van der Waals surface area (Å²) in [6.07, 6.45) is 0. The molecule has 0 unspecified atom stereocenters. The van der Waals surface area contributed by atoms with Crippen molar-refractivity contribution >= 4 is 0 Å². The maximum absolute atomic E-state index is 8.71. The second-order valence-corrected chi connectivity index (χ2v) is 4.22. The van der Waals surface area contributed by atoms with Gasteiger partial charge in [0.05, 0.1) is 5.69 Å². The van der Waals surface area contributed by atoms with Crippen molar-refractivity contribution in [1.29, 1.82) is 5.26 Å². The van der Waals surface area contributed by atoms with Gasteiger partial charge in [0.2, 0.25) is 0 Å². The molecule has 0 spiro atoms. The molecule has 0 bridgehead atoms. The summed E-state index contributed by atoms with van der Waals surface area (Å²) in [4.78, 5) is 4.30. The summed E-state index contributed by atoms with van der Waals surface area (Å²) in [5, 5.41) is 8.71. The average molecular weight is 174 g/mol. The fourth-order valence-electron chi connectivity index (χ4n) is 1.35. The SMILES string of the molecule is Cc1ccc(C#N)nc1C(C)(C)C. The van der Waals surface area contributed by atoms with Gasteiger partial charge in [-0.1, -0.05) is 26.8 Å². The van der Waals surface area contributed by atoms with Crippen molar-refractivity contribution in [1.82, 2.24) is 4.98 Å². The topological polar surface area (TPSA) is 36.7 Å². The summed E-state index contributed by atoms with van der Waals surface area (Å²) < 4.78 is 0. The molecule has 1 rings (SSSR count). The van der Waals surface area contributed by atoms with Gasteiger partial charge in [0.15, 0.2) is 0 Å². The predicted molar refractivity (Wildman–Crippen MR) is 52.4 cm³/mol. The van der Waals surface area contributed by atoms with Crippen LogP contribution >= 0.6 is 0 Å². The molecular formula is C11H14N2. The Morgan fingerprint density at radius 2 is 1.92 bits per heavy atom. The Bertz CT molecular complexity index is 353. The normalized spacial score (nSPS) is 11.0. The van der Waals surface area contributed by atoms with Crippen LogP contribution in [-0.2, 0) is 5.41 Å². The molecule has 1 aromatic heterocycles. The zero-order valence-corrected chi connectivity index (χ0v) is 8.55. The van der Waals surface area contributed by atoms with Crippen molar-refractivity contribution in [2.45, 2.75) is 33.1 Å². The minimum atomic E-state index is 0.0109. The maximum Gasteiger partial charge on any atom is 0.140 e. The minimum absolute atomic E-state index is 0.0109. The van der Waals surface area contributed by atoms with Crippen LogP contribution in [0.3, 0.4) is 0 Å². The molecule has 0 aliphatic carbocycles. The Hall–Kier alpha value is -1.36. The van der Waals surface area contributed by atoms with Crippen molar-refractivity contribution < 1.29 is 0 Å². The smallest absolute Gasteiger partial charge is 0.140 e. The second-order valence-electron chi connectivity index (χ2n) is 4.22. The van der Waals surface area contributed by atoms with Crippen LogP contribution in [0.15, 0.2) is 12.1 Å². The van der Waals surface area contributed by atoms with Crippen molar-refractivity contribution in [3.05, 3.63) is 29.1 Å². The summed E-state index contributed by atoms with van der Waals surface area (Å²) in [6.45, 7) is 8.32. The van der Waals surface area contributed by atoms with Gasteiger partial charge in [0, 0.05) is 5.41 Å². The minimum Gasteiger partial charge on any atom is -0.241 e. The molecule has 0 aliphatic heterocycles. The molecular weight excluding hydrogens is 160 g/mol. The number of nitriles is 1. The molecule has 2 nitrogen and oxygen atoms in total. The van der Waals surface area contributed by atoms with E-state index >= 15 is 0 Å².